The van der Waals surface area contributed by atoms with Crippen LogP contribution in [0.3, 0.4) is 0 Å². The maximum atomic E-state index is 4.48. The molecule has 2 heterocycles. The fourth-order valence-electron chi connectivity index (χ4n) is 9.19. The number of aromatic nitrogens is 2. The third-order valence-corrected chi connectivity index (χ3v) is 12.5. The van der Waals surface area contributed by atoms with Crippen LogP contribution in [0.1, 0.15) is 23.6 Å². The zero-order valence-corrected chi connectivity index (χ0v) is 35.1. The van der Waals surface area contributed by atoms with Crippen LogP contribution in [-0.2, 0) is 0 Å². The van der Waals surface area contributed by atoms with Crippen molar-refractivity contribution in [3.8, 4) is 33.6 Å². The van der Waals surface area contributed by atoms with Crippen LogP contribution in [0, 0.1) is 0 Å². The van der Waals surface area contributed by atoms with E-state index in [1.54, 1.807) is 0 Å². The zero-order valence-electron chi connectivity index (χ0n) is 35.1. The Labute approximate surface area is 368 Å². The SMILES string of the molecule is C=C(/C=C(\C=C(/C)c1ccccc1)c1ccc(-n2c3ccc(-c4ccc5c(ccn5-c5ccc(-c6ccccc6)cc5)c4)cc3c3c4ccccc4ccc32)cc1)c1ccccc1. The molecule has 0 aliphatic heterocycles. The van der Waals surface area contributed by atoms with Gasteiger partial charge >= 0.3 is 0 Å². The van der Waals surface area contributed by atoms with Gasteiger partial charge in [-0.25, -0.2) is 0 Å². The van der Waals surface area contributed by atoms with Crippen LogP contribution >= 0.6 is 0 Å². The Balaban J connectivity index is 0.987. The summed E-state index contributed by atoms with van der Waals surface area (Å²) in [5.41, 5.74) is 17.4. The molecule has 9 aromatic carbocycles. The van der Waals surface area contributed by atoms with Gasteiger partial charge < -0.3 is 9.13 Å². The molecule has 2 heteroatoms. The van der Waals surface area contributed by atoms with Crippen molar-refractivity contribution in [2.45, 2.75) is 6.92 Å². The first-order valence-electron chi connectivity index (χ1n) is 21.6. The smallest absolute Gasteiger partial charge is 0.0547 e. The Morgan fingerprint density at radius 2 is 1.00 bits per heavy atom. The van der Waals surface area contributed by atoms with E-state index in [0.29, 0.717) is 0 Å². The van der Waals surface area contributed by atoms with Gasteiger partial charge in [0.2, 0.25) is 0 Å². The lowest BCUT2D eigenvalue weighted by Gasteiger charge is -2.12. The van der Waals surface area contributed by atoms with Crippen molar-refractivity contribution in [1.29, 1.82) is 0 Å². The van der Waals surface area contributed by atoms with Gasteiger partial charge in [-0.3, -0.25) is 0 Å². The van der Waals surface area contributed by atoms with E-state index in [1.165, 1.54) is 76.9 Å². The molecule has 0 saturated heterocycles. The first-order valence-corrected chi connectivity index (χ1v) is 21.6. The number of nitrogens with zero attached hydrogens (tertiary/aromatic N) is 2. The molecular weight excluding hydrogens is 761 g/mol. The number of hydrogen-bond donors (Lipinski definition) is 0. The molecule has 63 heavy (non-hydrogen) atoms. The normalized spacial score (nSPS) is 12.1. The van der Waals surface area contributed by atoms with Crippen LogP contribution in [0.25, 0.3) is 93.8 Å². The average Bonchev–Trinajstić information content (AvgIpc) is 3.93. The Bertz CT molecular complexity index is 3530. The molecule has 0 amide bonds. The van der Waals surface area contributed by atoms with E-state index < -0.39 is 0 Å². The number of hydrogen-bond acceptors (Lipinski definition) is 0. The summed E-state index contributed by atoms with van der Waals surface area (Å²) in [6, 6.07) is 78.7. The third-order valence-electron chi connectivity index (χ3n) is 12.5. The predicted octanol–water partition coefficient (Wildman–Crippen LogP) is 16.4. The van der Waals surface area contributed by atoms with Crippen molar-refractivity contribution in [1.82, 2.24) is 9.13 Å². The molecule has 0 saturated carbocycles. The molecule has 0 radical (unpaired) electrons. The maximum Gasteiger partial charge on any atom is 0.0547 e. The Morgan fingerprint density at radius 3 is 1.75 bits per heavy atom. The van der Waals surface area contributed by atoms with E-state index in [2.05, 4.69) is 253 Å². The van der Waals surface area contributed by atoms with Crippen molar-refractivity contribution in [2.24, 2.45) is 0 Å². The molecular formula is C61H44N2. The van der Waals surface area contributed by atoms with E-state index >= 15 is 0 Å². The molecule has 11 rings (SSSR count). The van der Waals surface area contributed by atoms with Crippen molar-refractivity contribution in [3.63, 3.8) is 0 Å². The second-order valence-electron chi connectivity index (χ2n) is 16.4. The van der Waals surface area contributed by atoms with Crippen LogP contribution in [0.15, 0.2) is 243 Å². The average molecular weight is 805 g/mol. The molecule has 298 valence electrons. The van der Waals surface area contributed by atoms with Crippen molar-refractivity contribution < 1.29 is 0 Å². The summed E-state index contributed by atoms with van der Waals surface area (Å²) in [4.78, 5) is 0. The Kier molecular flexibility index (Phi) is 9.60. The minimum atomic E-state index is 0.974. The van der Waals surface area contributed by atoms with Gasteiger partial charge in [0.15, 0.2) is 0 Å². The summed E-state index contributed by atoms with van der Waals surface area (Å²) in [7, 11) is 0. The predicted molar refractivity (Wildman–Crippen MR) is 270 cm³/mol. The highest BCUT2D eigenvalue weighted by Crippen LogP contribution is 2.40. The molecule has 0 spiro atoms. The highest BCUT2D eigenvalue weighted by atomic mass is 15.0. The van der Waals surface area contributed by atoms with Crippen LogP contribution in [0.2, 0.25) is 0 Å². The van der Waals surface area contributed by atoms with Crippen LogP contribution in [0.4, 0.5) is 0 Å². The highest BCUT2D eigenvalue weighted by molar-refractivity contribution is 6.22. The molecule has 0 N–H and O–H groups in total. The summed E-state index contributed by atoms with van der Waals surface area (Å²) in [5.74, 6) is 0. The molecule has 0 aliphatic carbocycles. The largest absolute Gasteiger partial charge is 0.317 e. The summed E-state index contributed by atoms with van der Waals surface area (Å²) in [5, 5.41) is 6.20. The minimum absolute atomic E-state index is 0.974. The topological polar surface area (TPSA) is 9.86 Å². The van der Waals surface area contributed by atoms with E-state index in [1.807, 2.05) is 6.07 Å². The molecule has 2 nitrogen and oxygen atoms in total. The van der Waals surface area contributed by atoms with Gasteiger partial charge in [0.25, 0.3) is 0 Å². The van der Waals surface area contributed by atoms with E-state index in [0.717, 1.165) is 33.6 Å². The van der Waals surface area contributed by atoms with Gasteiger partial charge in [-0.2, -0.15) is 0 Å². The molecule has 0 bridgehead atoms. The van der Waals surface area contributed by atoms with Gasteiger partial charge in [0.1, 0.15) is 0 Å². The first kappa shape index (κ1) is 37.8. The van der Waals surface area contributed by atoms with Crippen LogP contribution < -0.4 is 0 Å². The fraction of sp³-hybridized carbons (Fsp3) is 0.0164. The van der Waals surface area contributed by atoms with Crippen molar-refractivity contribution >= 4 is 60.2 Å². The first-order chi connectivity index (χ1) is 31.1. The monoisotopic (exact) mass is 804 g/mol. The molecule has 2 aromatic heterocycles. The molecule has 0 atom stereocenters. The van der Waals surface area contributed by atoms with Crippen LogP contribution in [-0.4, -0.2) is 9.13 Å². The fourth-order valence-corrected chi connectivity index (χ4v) is 9.19. The summed E-state index contributed by atoms with van der Waals surface area (Å²) < 4.78 is 4.70. The molecule has 0 unspecified atom stereocenters. The number of fused-ring (bicyclic) bond motifs is 6. The number of allylic oxidation sites excluding steroid dienone is 5. The zero-order chi connectivity index (χ0) is 42.3. The summed E-state index contributed by atoms with van der Waals surface area (Å²) in [6.45, 7) is 6.66. The highest BCUT2D eigenvalue weighted by Gasteiger charge is 2.17. The standard InChI is InChI=1S/C61H44N2/c1-42(44-14-6-3-7-15-44)38-53(39-43(2)45-16-8-4-9-17-45)48-24-31-55(32-25-48)63-59-34-28-51(41-57(59)61-56-21-13-12-20-49(56)26-35-60(61)63)50-27-33-58-52(40-50)36-37-62(58)54-29-22-47(23-30-54)46-18-10-5-11-19-46/h3-41H,1H2,2H3/b43-39+,53-38+. The van der Waals surface area contributed by atoms with Crippen molar-refractivity contribution in [3.05, 3.63) is 260 Å². The number of benzene rings is 9. The summed E-state index contributed by atoms with van der Waals surface area (Å²) in [6.07, 6.45) is 6.67. The second-order valence-corrected chi connectivity index (χ2v) is 16.4. The number of rotatable bonds is 9. The molecule has 0 aliphatic rings. The van der Waals surface area contributed by atoms with Gasteiger partial charge in [0, 0.05) is 33.7 Å². The van der Waals surface area contributed by atoms with Crippen molar-refractivity contribution in [2.75, 3.05) is 0 Å². The Hall–Kier alpha value is -8.20. The third kappa shape index (κ3) is 7.08. The Morgan fingerprint density at radius 1 is 0.413 bits per heavy atom. The van der Waals surface area contributed by atoms with Crippen LogP contribution in [0.5, 0.6) is 0 Å². The maximum absolute atomic E-state index is 4.48. The van der Waals surface area contributed by atoms with Gasteiger partial charge in [-0.05, 0) is 140 Å². The van der Waals surface area contributed by atoms with Gasteiger partial charge in [0.05, 0.1) is 16.6 Å². The summed E-state index contributed by atoms with van der Waals surface area (Å²) >= 11 is 0. The minimum Gasteiger partial charge on any atom is -0.317 e. The molecule has 11 aromatic rings. The lowest BCUT2D eigenvalue weighted by molar-refractivity contribution is 1.13. The van der Waals surface area contributed by atoms with E-state index in [-0.39, 0.29) is 0 Å². The van der Waals surface area contributed by atoms with Gasteiger partial charge in [-0.15, -0.1) is 0 Å². The molecule has 0 fully saturated rings. The quantitative estimate of drug-likeness (QED) is 0.129. The van der Waals surface area contributed by atoms with E-state index in [9.17, 15) is 0 Å². The van der Waals surface area contributed by atoms with Gasteiger partial charge in [-0.1, -0.05) is 170 Å². The lowest BCUT2D eigenvalue weighted by Crippen LogP contribution is -1.95. The second kappa shape index (κ2) is 16.0. The van der Waals surface area contributed by atoms with E-state index in [4.69, 9.17) is 0 Å². The lowest BCUT2D eigenvalue weighted by atomic mass is 9.96.